The highest BCUT2D eigenvalue weighted by Gasteiger charge is 1.98. The lowest BCUT2D eigenvalue weighted by Crippen LogP contribution is -2.00. The Labute approximate surface area is 174 Å². The van der Waals surface area contributed by atoms with Gasteiger partial charge in [0.1, 0.15) is 11.5 Å². The van der Waals surface area contributed by atoms with Gasteiger partial charge in [0.2, 0.25) is 0 Å². The molecule has 0 unspecified atom stereocenters. The second-order valence-electron chi connectivity index (χ2n) is 6.36. The zero-order valence-corrected chi connectivity index (χ0v) is 16.6. The first-order chi connectivity index (χ1) is 14.5. The van der Waals surface area contributed by atoms with E-state index in [1.807, 2.05) is 48.6 Å². The maximum atomic E-state index is 10.9. The summed E-state index contributed by atoms with van der Waals surface area (Å²) in [4.78, 5) is 30.6. The predicted octanol–water partition coefficient (Wildman–Crippen LogP) is 4.67. The van der Waals surface area contributed by atoms with Gasteiger partial charge in [-0.2, -0.15) is 0 Å². The van der Waals surface area contributed by atoms with E-state index in [9.17, 15) is 9.59 Å². The number of hydrogen-bond acceptors (Lipinski definition) is 6. The molecule has 2 aromatic carbocycles. The van der Waals surface area contributed by atoms with Crippen LogP contribution in [-0.2, 0) is 9.59 Å². The Morgan fingerprint density at radius 3 is 1.30 bits per heavy atom. The molecule has 6 nitrogen and oxygen atoms in total. The van der Waals surface area contributed by atoms with Gasteiger partial charge in [-0.05, 0) is 47.5 Å². The van der Waals surface area contributed by atoms with Gasteiger partial charge in [-0.1, -0.05) is 36.4 Å². The maximum absolute atomic E-state index is 10.9. The van der Waals surface area contributed by atoms with Gasteiger partial charge < -0.3 is 9.47 Å². The fourth-order valence-corrected chi connectivity index (χ4v) is 2.51. The van der Waals surface area contributed by atoms with Gasteiger partial charge in [-0.25, -0.2) is 0 Å². The zero-order chi connectivity index (χ0) is 21.3. The first kappa shape index (κ1) is 20.7. The number of aromatic nitrogens is 2. The molecule has 30 heavy (non-hydrogen) atoms. The first-order valence-corrected chi connectivity index (χ1v) is 9.23. The summed E-state index contributed by atoms with van der Waals surface area (Å²) < 4.78 is 10.0. The minimum atomic E-state index is -0.346. The Bertz CT molecular complexity index is 979. The van der Waals surface area contributed by atoms with Gasteiger partial charge in [-0.3, -0.25) is 19.6 Å². The zero-order valence-electron chi connectivity index (χ0n) is 16.6. The summed E-state index contributed by atoms with van der Waals surface area (Å²) in [5.74, 6) is 0.330. The fraction of sp³-hybridized carbons (Fsp3) is 0.0833. The minimum Gasteiger partial charge on any atom is -0.427 e. The summed E-state index contributed by atoms with van der Waals surface area (Å²) in [5.41, 5.74) is 3.35. The summed E-state index contributed by atoms with van der Waals surface area (Å²) in [6.07, 6.45) is 10.9. The number of carbonyl (C=O) groups excluding carboxylic acids is 2. The third kappa shape index (κ3) is 6.53. The van der Waals surface area contributed by atoms with E-state index in [1.54, 1.807) is 36.7 Å². The summed E-state index contributed by atoms with van der Waals surface area (Å²) >= 11 is 0. The maximum Gasteiger partial charge on any atom is 0.308 e. The van der Waals surface area contributed by atoms with E-state index < -0.39 is 0 Å². The second-order valence-corrected chi connectivity index (χ2v) is 6.36. The van der Waals surface area contributed by atoms with Crippen molar-refractivity contribution in [3.05, 3.63) is 83.4 Å². The Hall–Kier alpha value is -4.06. The van der Waals surface area contributed by atoms with Crippen LogP contribution in [0.5, 0.6) is 11.5 Å². The van der Waals surface area contributed by atoms with Crippen LogP contribution in [0.3, 0.4) is 0 Å². The largest absolute Gasteiger partial charge is 0.427 e. The highest BCUT2D eigenvalue weighted by Crippen LogP contribution is 2.16. The molecule has 0 bridgehead atoms. The Balaban J connectivity index is 1.59. The quantitative estimate of drug-likeness (QED) is 0.442. The van der Waals surface area contributed by atoms with E-state index >= 15 is 0 Å². The van der Waals surface area contributed by atoms with Crippen molar-refractivity contribution in [1.29, 1.82) is 0 Å². The number of rotatable bonds is 6. The SMILES string of the molecule is CC(=O)Oc1ccc(/C=C/c2cnc(/C=C/c3ccc(OC(C)=O)cc3)cn2)cc1. The van der Waals surface area contributed by atoms with Gasteiger partial charge in [0, 0.05) is 13.8 Å². The molecule has 1 heterocycles. The lowest BCUT2D eigenvalue weighted by Gasteiger charge is -2.01. The topological polar surface area (TPSA) is 78.4 Å². The number of nitrogens with zero attached hydrogens (tertiary/aromatic N) is 2. The monoisotopic (exact) mass is 400 g/mol. The van der Waals surface area contributed by atoms with Crippen molar-refractivity contribution in [3.8, 4) is 11.5 Å². The molecule has 0 atom stereocenters. The molecule has 0 aliphatic carbocycles. The van der Waals surface area contributed by atoms with E-state index in [0.29, 0.717) is 11.5 Å². The molecule has 6 heteroatoms. The van der Waals surface area contributed by atoms with Crippen LogP contribution >= 0.6 is 0 Å². The summed E-state index contributed by atoms with van der Waals surface area (Å²) in [6, 6.07) is 14.4. The molecule has 0 aliphatic heterocycles. The molecule has 0 saturated heterocycles. The van der Waals surface area contributed by atoms with Crippen LogP contribution in [-0.4, -0.2) is 21.9 Å². The molecular formula is C24H20N2O4. The van der Waals surface area contributed by atoms with E-state index in [2.05, 4.69) is 9.97 Å². The normalized spacial score (nSPS) is 11.0. The van der Waals surface area contributed by atoms with Crippen LogP contribution in [0.15, 0.2) is 60.9 Å². The van der Waals surface area contributed by atoms with Crippen molar-refractivity contribution in [2.45, 2.75) is 13.8 Å². The first-order valence-electron chi connectivity index (χ1n) is 9.23. The molecule has 1 aromatic heterocycles. The van der Waals surface area contributed by atoms with E-state index in [4.69, 9.17) is 9.47 Å². The molecule has 150 valence electrons. The van der Waals surface area contributed by atoms with Crippen LogP contribution in [0, 0.1) is 0 Å². The Morgan fingerprint density at radius 1 is 0.633 bits per heavy atom. The summed E-state index contributed by atoms with van der Waals surface area (Å²) in [7, 11) is 0. The molecule has 0 radical (unpaired) electrons. The average molecular weight is 400 g/mol. The van der Waals surface area contributed by atoms with Gasteiger partial charge in [0.05, 0.1) is 23.8 Å². The smallest absolute Gasteiger partial charge is 0.308 e. The molecule has 0 aliphatic rings. The molecule has 0 amide bonds. The van der Waals surface area contributed by atoms with Crippen molar-refractivity contribution in [2.24, 2.45) is 0 Å². The fourth-order valence-electron chi connectivity index (χ4n) is 2.51. The number of esters is 2. The van der Waals surface area contributed by atoms with Crippen LogP contribution in [0.25, 0.3) is 24.3 Å². The number of hydrogen-bond donors (Lipinski definition) is 0. The van der Waals surface area contributed by atoms with E-state index in [1.165, 1.54) is 13.8 Å². The van der Waals surface area contributed by atoms with Gasteiger partial charge >= 0.3 is 11.9 Å². The third-order valence-electron chi connectivity index (χ3n) is 3.87. The summed E-state index contributed by atoms with van der Waals surface area (Å²) in [6.45, 7) is 2.74. The minimum absolute atomic E-state index is 0.346. The second kappa shape index (κ2) is 9.93. The highest BCUT2D eigenvalue weighted by molar-refractivity contribution is 5.72. The van der Waals surface area contributed by atoms with Crippen molar-refractivity contribution in [3.63, 3.8) is 0 Å². The van der Waals surface area contributed by atoms with E-state index in [0.717, 1.165) is 22.5 Å². The number of ether oxygens (including phenoxy) is 2. The van der Waals surface area contributed by atoms with Crippen molar-refractivity contribution >= 4 is 36.2 Å². The van der Waals surface area contributed by atoms with Crippen LogP contribution in [0.1, 0.15) is 36.4 Å². The molecule has 0 spiro atoms. The number of carbonyl (C=O) groups is 2. The van der Waals surface area contributed by atoms with E-state index in [-0.39, 0.29) is 11.9 Å². The Kier molecular flexibility index (Phi) is 6.84. The van der Waals surface area contributed by atoms with Crippen LogP contribution in [0.4, 0.5) is 0 Å². The third-order valence-corrected chi connectivity index (χ3v) is 3.87. The van der Waals surface area contributed by atoms with Crippen molar-refractivity contribution in [1.82, 2.24) is 9.97 Å². The van der Waals surface area contributed by atoms with Crippen LogP contribution < -0.4 is 9.47 Å². The lowest BCUT2D eigenvalue weighted by atomic mass is 10.2. The van der Waals surface area contributed by atoms with Crippen molar-refractivity contribution < 1.29 is 19.1 Å². The molecule has 0 N–H and O–H groups in total. The number of benzene rings is 2. The van der Waals surface area contributed by atoms with Gasteiger partial charge in [-0.15, -0.1) is 0 Å². The van der Waals surface area contributed by atoms with Crippen molar-refractivity contribution in [2.75, 3.05) is 0 Å². The van der Waals surface area contributed by atoms with Gasteiger partial charge in [0.25, 0.3) is 0 Å². The molecule has 0 saturated carbocycles. The molecule has 0 fully saturated rings. The summed E-state index contributed by atoms with van der Waals surface area (Å²) in [5, 5.41) is 0. The highest BCUT2D eigenvalue weighted by atomic mass is 16.5. The average Bonchev–Trinajstić information content (AvgIpc) is 2.73. The standard InChI is InChI=1S/C24H20N2O4/c1-17(27)29-23-11-5-19(6-12-23)3-9-21-15-26-22(16-25-21)10-4-20-7-13-24(14-8-20)30-18(2)28/h3-16H,1-2H3/b9-3+,10-4+. The van der Waals surface area contributed by atoms with Crippen LogP contribution in [0.2, 0.25) is 0 Å². The predicted molar refractivity (Wildman–Crippen MR) is 115 cm³/mol. The molecule has 3 aromatic rings. The molecule has 3 rings (SSSR count). The molecular weight excluding hydrogens is 380 g/mol. The lowest BCUT2D eigenvalue weighted by molar-refractivity contribution is -0.132. The Morgan fingerprint density at radius 2 is 1.00 bits per heavy atom. The van der Waals surface area contributed by atoms with Gasteiger partial charge in [0.15, 0.2) is 0 Å².